The van der Waals surface area contributed by atoms with Gasteiger partial charge in [0.25, 0.3) is 0 Å². The molecule has 0 amide bonds. The molecule has 0 fully saturated rings. The average Bonchev–Trinajstić information content (AvgIpc) is 1.90. The molecule has 0 radical (unpaired) electrons. The molecule has 1 aromatic carbocycles. The Bertz CT molecular complexity index is 183. The Morgan fingerprint density at radius 2 is 1.78 bits per heavy atom. The van der Waals surface area contributed by atoms with Crippen LogP contribution in [0.5, 0.6) is 0 Å². The Balaban J connectivity index is -0.000000213. The van der Waals surface area contributed by atoms with Crippen molar-refractivity contribution in [1.29, 1.82) is 0 Å². The SMILES string of the molecule is S=Nc1ccccc1.[Ca+2].[H-].[H-]. The summed E-state index contributed by atoms with van der Waals surface area (Å²) in [6, 6.07) is 9.49. The number of nitrogens with zero attached hydrogens (tertiary/aromatic N) is 1. The zero-order valence-electron chi connectivity index (χ0n) is 6.95. The smallest absolute Gasteiger partial charge is 1.00 e. The van der Waals surface area contributed by atoms with Gasteiger partial charge in [-0.3, -0.25) is 0 Å². The summed E-state index contributed by atoms with van der Waals surface area (Å²) in [6.45, 7) is 0. The first-order chi connectivity index (χ1) is 3.93. The first-order valence-corrected chi connectivity index (χ1v) is 2.68. The van der Waals surface area contributed by atoms with Gasteiger partial charge in [0, 0.05) is 12.4 Å². The average molecular weight is 165 g/mol. The molecule has 0 unspecified atom stereocenters. The van der Waals surface area contributed by atoms with Gasteiger partial charge in [0.2, 0.25) is 0 Å². The van der Waals surface area contributed by atoms with Crippen molar-refractivity contribution < 1.29 is 2.85 Å². The molecule has 0 saturated carbocycles. The van der Waals surface area contributed by atoms with E-state index in [-0.39, 0.29) is 40.6 Å². The minimum atomic E-state index is 0. The fourth-order valence-corrected chi connectivity index (χ4v) is 0.611. The topological polar surface area (TPSA) is 12.4 Å². The van der Waals surface area contributed by atoms with Crippen LogP contribution in [0.25, 0.3) is 0 Å². The number of benzene rings is 1. The van der Waals surface area contributed by atoms with E-state index in [9.17, 15) is 0 Å². The maximum atomic E-state index is 4.44. The van der Waals surface area contributed by atoms with Crippen LogP contribution in [0.1, 0.15) is 2.85 Å². The van der Waals surface area contributed by atoms with E-state index in [1.165, 1.54) is 0 Å². The molecule has 3 heteroatoms. The van der Waals surface area contributed by atoms with Crippen molar-refractivity contribution in [3.8, 4) is 0 Å². The second-order valence-corrected chi connectivity index (χ2v) is 1.61. The number of hydrogen-bond acceptors (Lipinski definition) is 2. The summed E-state index contributed by atoms with van der Waals surface area (Å²) in [4.78, 5) is 0. The van der Waals surface area contributed by atoms with Crippen LogP contribution < -0.4 is 0 Å². The minimum absolute atomic E-state index is 0. The molecular weight excluding hydrogens is 158 g/mol. The van der Waals surface area contributed by atoms with E-state index in [1.54, 1.807) is 0 Å². The molecule has 0 aliphatic heterocycles. The zero-order chi connectivity index (χ0) is 5.82. The Kier molecular flexibility index (Phi) is 5.59. The third kappa shape index (κ3) is 3.26. The van der Waals surface area contributed by atoms with Gasteiger partial charge in [-0.1, -0.05) is 18.2 Å². The second kappa shape index (κ2) is 5.30. The van der Waals surface area contributed by atoms with Crippen molar-refractivity contribution in [2.75, 3.05) is 0 Å². The van der Waals surface area contributed by atoms with E-state index in [0.717, 1.165) is 5.69 Å². The largest absolute Gasteiger partial charge is 2.00 e. The molecule has 0 aliphatic rings. The second-order valence-electron chi connectivity index (χ2n) is 1.43. The van der Waals surface area contributed by atoms with Crippen LogP contribution >= 0.6 is 0 Å². The molecule has 44 valence electrons. The van der Waals surface area contributed by atoms with Gasteiger partial charge in [0.1, 0.15) is 0 Å². The molecule has 1 rings (SSSR count). The zero-order valence-corrected chi connectivity index (χ0v) is 7.97. The summed E-state index contributed by atoms with van der Waals surface area (Å²) in [5.74, 6) is 0. The first-order valence-electron chi connectivity index (χ1n) is 2.32. The van der Waals surface area contributed by atoms with E-state index in [1.807, 2.05) is 30.3 Å². The maximum absolute atomic E-state index is 4.44. The van der Waals surface area contributed by atoms with Gasteiger partial charge in [-0.2, -0.15) is 4.36 Å². The van der Waals surface area contributed by atoms with Crippen molar-refractivity contribution in [2.45, 2.75) is 0 Å². The van der Waals surface area contributed by atoms with Crippen LogP contribution in [0.4, 0.5) is 5.69 Å². The number of rotatable bonds is 1. The van der Waals surface area contributed by atoms with Crippen molar-refractivity contribution in [3.63, 3.8) is 0 Å². The van der Waals surface area contributed by atoms with Crippen LogP contribution in [0, 0.1) is 0 Å². The standard InChI is InChI=1S/C6H5NS.Ca.2H/c8-7-6-4-2-1-3-5-6;;;/h1-5H;;;/q;+2;2*-1. The van der Waals surface area contributed by atoms with Crippen molar-refractivity contribution >= 4 is 55.9 Å². The Labute approximate surface area is 92.6 Å². The molecule has 0 heterocycles. The van der Waals surface area contributed by atoms with Gasteiger partial charge in [0.05, 0.1) is 5.69 Å². The predicted molar refractivity (Wildman–Crippen MR) is 43.9 cm³/mol. The summed E-state index contributed by atoms with van der Waals surface area (Å²) in [7, 11) is 0. The fraction of sp³-hybridized carbons (Fsp3) is 0. The Morgan fingerprint density at radius 3 is 2.11 bits per heavy atom. The van der Waals surface area contributed by atoms with Crippen LogP contribution in [-0.4, -0.2) is 37.7 Å². The van der Waals surface area contributed by atoms with E-state index >= 15 is 0 Å². The molecule has 0 saturated heterocycles. The van der Waals surface area contributed by atoms with Gasteiger partial charge in [-0.25, -0.2) is 0 Å². The van der Waals surface area contributed by atoms with E-state index in [4.69, 9.17) is 0 Å². The quantitative estimate of drug-likeness (QED) is 0.579. The fourth-order valence-electron chi connectivity index (χ4n) is 0.489. The molecule has 9 heavy (non-hydrogen) atoms. The van der Waals surface area contributed by atoms with Crippen LogP contribution in [0.3, 0.4) is 0 Å². The first kappa shape index (κ1) is 9.50. The van der Waals surface area contributed by atoms with Gasteiger partial charge in [0.15, 0.2) is 0 Å². The molecule has 1 nitrogen and oxygen atoms in total. The van der Waals surface area contributed by atoms with Gasteiger partial charge >= 0.3 is 37.7 Å². The minimum Gasteiger partial charge on any atom is -1.00 e. The van der Waals surface area contributed by atoms with Crippen LogP contribution in [0.2, 0.25) is 0 Å². The molecule has 0 atom stereocenters. The van der Waals surface area contributed by atoms with E-state index in [2.05, 4.69) is 16.8 Å². The molecule has 0 aliphatic carbocycles. The Hall–Kier alpha value is 0.500. The number of hydrogen-bond donors (Lipinski definition) is 0. The van der Waals surface area contributed by atoms with E-state index < -0.39 is 0 Å². The summed E-state index contributed by atoms with van der Waals surface area (Å²) >= 11 is 4.44. The van der Waals surface area contributed by atoms with Crippen LogP contribution in [0.15, 0.2) is 34.7 Å². The third-order valence-electron chi connectivity index (χ3n) is 0.862. The monoisotopic (exact) mass is 165 g/mol. The summed E-state index contributed by atoms with van der Waals surface area (Å²) < 4.78 is 3.55. The molecule has 0 aromatic heterocycles. The van der Waals surface area contributed by atoms with Crippen molar-refractivity contribution in [2.24, 2.45) is 4.36 Å². The molecule has 0 spiro atoms. The van der Waals surface area contributed by atoms with Gasteiger partial charge in [-0.05, 0) is 12.1 Å². The third-order valence-corrected chi connectivity index (χ3v) is 1.07. The summed E-state index contributed by atoms with van der Waals surface area (Å²) in [6.07, 6.45) is 0. The van der Waals surface area contributed by atoms with Gasteiger partial charge in [-0.15, -0.1) is 0 Å². The predicted octanol–water partition coefficient (Wildman–Crippen LogP) is 1.89. The van der Waals surface area contributed by atoms with Crippen molar-refractivity contribution in [3.05, 3.63) is 30.3 Å². The molecular formula is C6H7CaNS. The summed E-state index contributed by atoms with van der Waals surface area (Å²) in [5.41, 5.74) is 0.850. The van der Waals surface area contributed by atoms with Crippen molar-refractivity contribution in [1.82, 2.24) is 0 Å². The molecule has 0 bridgehead atoms. The van der Waals surface area contributed by atoms with Crippen LogP contribution in [-0.2, 0) is 12.4 Å². The normalized spacial score (nSPS) is 7.56. The summed E-state index contributed by atoms with van der Waals surface area (Å²) in [5, 5.41) is 0. The Morgan fingerprint density at radius 1 is 1.22 bits per heavy atom. The maximum Gasteiger partial charge on any atom is 2.00 e. The molecule has 0 N–H and O–H groups in total. The van der Waals surface area contributed by atoms with Gasteiger partial charge < -0.3 is 2.85 Å². The molecule has 1 aromatic rings. The van der Waals surface area contributed by atoms with E-state index in [0.29, 0.717) is 0 Å².